The minimum Gasteiger partial charge on any atom is -0.481 e. The maximum atomic E-state index is 11.1. The maximum Gasteiger partial charge on any atom is 0.314 e. The Morgan fingerprint density at radius 3 is 2.53 bits per heavy atom. The predicted molar refractivity (Wildman–Crippen MR) is 56.7 cm³/mol. The first-order valence-electron chi connectivity index (χ1n) is 4.79. The van der Waals surface area contributed by atoms with Gasteiger partial charge in [0.05, 0.1) is 0 Å². The fourth-order valence-corrected chi connectivity index (χ4v) is 1.48. The van der Waals surface area contributed by atoms with Gasteiger partial charge in [0.25, 0.3) is 0 Å². The lowest BCUT2D eigenvalue weighted by molar-refractivity contribution is -0.145. The molecule has 0 aliphatic rings. The lowest BCUT2D eigenvalue weighted by Crippen LogP contribution is -2.23. The van der Waals surface area contributed by atoms with Gasteiger partial charge in [-0.25, -0.2) is 0 Å². The second-order valence-electron chi connectivity index (χ2n) is 3.69. The molecule has 0 aromatic heterocycles. The van der Waals surface area contributed by atoms with Crippen molar-refractivity contribution in [1.82, 2.24) is 0 Å². The summed E-state index contributed by atoms with van der Waals surface area (Å²) in [6, 6.07) is 7.54. The molecule has 0 amide bonds. The van der Waals surface area contributed by atoms with Crippen molar-refractivity contribution in [2.75, 3.05) is 0 Å². The molecule has 1 aromatic carbocycles. The van der Waals surface area contributed by atoms with Gasteiger partial charge in [-0.2, -0.15) is 0 Å². The summed E-state index contributed by atoms with van der Waals surface area (Å²) in [6.07, 6.45) is 0.270. The van der Waals surface area contributed by atoms with Gasteiger partial charge in [-0.1, -0.05) is 29.8 Å². The molecule has 15 heavy (non-hydrogen) atoms. The molecule has 1 atom stereocenters. The van der Waals surface area contributed by atoms with Crippen molar-refractivity contribution in [3.05, 3.63) is 35.4 Å². The molecular weight excluding hydrogens is 192 g/mol. The fourth-order valence-electron chi connectivity index (χ4n) is 1.48. The third-order valence-electron chi connectivity index (χ3n) is 2.31. The molecule has 1 rings (SSSR count). The predicted octanol–water partition coefficient (Wildman–Crippen LogP) is 1.83. The number of rotatable bonds is 4. The molecule has 0 saturated carbocycles. The van der Waals surface area contributed by atoms with Crippen LogP contribution in [0.3, 0.4) is 0 Å². The standard InChI is InChI=1S/C12H14O3/c1-8-4-3-5-10(6-8)7-11(9(2)13)12(14)15/h3-6,11H,7H2,1-2H3,(H,14,15). The zero-order chi connectivity index (χ0) is 11.4. The fraction of sp³-hybridized carbons (Fsp3) is 0.333. The molecule has 0 radical (unpaired) electrons. The summed E-state index contributed by atoms with van der Waals surface area (Å²) in [5.41, 5.74) is 1.96. The SMILES string of the molecule is CC(=O)C(Cc1cccc(C)c1)C(=O)O. The first kappa shape index (κ1) is 11.4. The van der Waals surface area contributed by atoms with Crippen LogP contribution < -0.4 is 0 Å². The number of carboxylic acid groups (broad SMARTS) is 1. The van der Waals surface area contributed by atoms with E-state index >= 15 is 0 Å². The van der Waals surface area contributed by atoms with Crippen LogP contribution in [0.4, 0.5) is 0 Å². The molecule has 0 fully saturated rings. The van der Waals surface area contributed by atoms with E-state index in [-0.39, 0.29) is 12.2 Å². The summed E-state index contributed by atoms with van der Waals surface area (Å²) in [5.74, 6) is -2.28. The third-order valence-corrected chi connectivity index (χ3v) is 2.31. The number of hydrogen-bond acceptors (Lipinski definition) is 2. The molecule has 1 unspecified atom stereocenters. The first-order chi connectivity index (χ1) is 7.00. The van der Waals surface area contributed by atoms with Crippen LogP contribution in [0.2, 0.25) is 0 Å². The number of ketones is 1. The Kier molecular flexibility index (Phi) is 3.61. The second-order valence-corrected chi connectivity index (χ2v) is 3.69. The van der Waals surface area contributed by atoms with Crippen LogP contribution in [0.15, 0.2) is 24.3 Å². The Bertz CT molecular complexity index is 368. The first-order valence-corrected chi connectivity index (χ1v) is 4.79. The van der Waals surface area contributed by atoms with Crippen molar-refractivity contribution in [1.29, 1.82) is 0 Å². The van der Waals surface area contributed by atoms with Gasteiger partial charge >= 0.3 is 5.97 Å². The quantitative estimate of drug-likeness (QED) is 0.764. The van der Waals surface area contributed by atoms with E-state index in [0.29, 0.717) is 0 Å². The number of benzene rings is 1. The Hall–Kier alpha value is -1.64. The number of carbonyl (C=O) groups excluding carboxylic acids is 1. The Morgan fingerprint density at radius 2 is 2.07 bits per heavy atom. The number of carbonyl (C=O) groups is 2. The molecule has 0 bridgehead atoms. The Balaban J connectivity index is 2.83. The van der Waals surface area contributed by atoms with Crippen molar-refractivity contribution >= 4 is 11.8 Å². The van der Waals surface area contributed by atoms with Crippen molar-refractivity contribution in [3.63, 3.8) is 0 Å². The molecular formula is C12H14O3. The van der Waals surface area contributed by atoms with E-state index in [4.69, 9.17) is 5.11 Å². The third kappa shape index (κ3) is 3.20. The summed E-state index contributed by atoms with van der Waals surface area (Å²) in [5, 5.41) is 8.85. The van der Waals surface area contributed by atoms with E-state index in [1.807, 2.05) is 31.2 Å². The van der Waals surface area contributed by atoms with Crippen molar-refractivity contribution in [2.45, 2.75) is 20.3 Å². The zero-order valence-corrected chi connectivity index (χ0v) is 8.86. The number of aliphatic carboxylic acids is 1. The molecule has 1 aromatic rings. The normalized spacial score (nSPS) is 12.1. The monoisotopic (exact) mass is 206 g/mol. The minimum atomic E-state index is -1.05. The van der Waals surface area contributed by atoms with Gasteiger partial charge in [0.2, 0.25) is 0 Å². The van der Waals surface area contributed by atoms with Crippen molar-refractivity contribution < 1.29 is 14.7 Å². The number of carboxylic acids is 1. The van der Waals surface area contributed by atoms with Crippen LogP contribution in [0, 0.1) is 12.8 Å². The number of hydrogen-bond donors (Lipinski definition) is 1. The van der Waals surface area contributed by atoms with E-state index in [2.05, 4.69) is 0 Å². The second kappa shape index (κ2) is 4.73. The van der Waals surface area contributed by atoms with Crippen LogP contribution in [0.25, 0.3) is 0 Å². The van der Waals surface area contributed by atoms with Crippen LogP contribution in [-0.4, -0.2) is 16.9 Å². The van der Waals surface area contributed by atoms with Crippen molar-refractivity contribution in [2.24, 2.45) is 5.92 Å². The maximum absolute atomic E-state index is 11.1. The van der Waals surface area contributed by atoms with Crippen LogP contribution in [0.5, 0.6) is 0 Å². The van der Waals surface area contributed by atoms with Crippen LogP contribution in [-0.2, 0) is 16.0 Å². The molecule has 0 heterocycles. The molecule has 3 heteroatoms. The van der Waals surface area contributed by atoms with Gasteiger partial charge in [-0.05, 0) is 25.8 Å². The smallest absolute Gasteiger partial charge is 0.314 e. The minimum absolute atomic E-state index is 0.270. The highest BCUT2D eigenvalue weighted by Crippen LogP contribution is 2.12. The summed E-state index contributed by atoms with van der Waals surface area (Å²) in [4.78, 5) is 21.9. The molecule has 0 aliphatic carbocycles. The zero-order valence-electron chi connectivity index (χ0n) is 8.86. The molecule has 0 aliphatic heterocycles. The lowest BCUT2D eigenvalue weighted by Gasteiger charge is -2.08. The highest BCUT2D eigenvalue weighted by atomic mass is 16.4. The topological polar surface area (TPSA) is 54.4 Å². The number of aryl methyl sites for hydroxylation is 1. The van der Waals surface area contributed by atoms with Gasteiger partial charge in [0.15, 0.2) is 0 Å². The molecule has 0 saturated heterocycles. The summed E-state index contributed by atoms with van der Waals surface area (Å²) in [7, 11) is 0. The van der Waals surface area contributed by atoms with Gasteiger partial charge < -0.3 is 5.11 Å². The van der Waals surface area contributed by atoms with Crippen LogP contribution >= 0.6 is 0 Å². The summed E-state index contributed by atoms with van der Waals surface area (Å²) >= 11 is 0. The van der Waals surface area contributed by atoms with E-state index < -0.39 is 11.9 Å². The largest absolute Gasteiger partial charge is 0.481 e. The van der Waals surface area contributed by atoms with E-state index in [1.54, 1.807) is 0 Å². The highest BCUT2D eigenvalue weighted by molar-refractivity contribution is 5.97. The van der Waals surface area contributed by atoms with Crippen molar-refractivity contribution in [3.8, 4) is 0 Å². The van der Waals surface area contributed by atoms with Gasteiger partial charge in [0, 0.05) is 0 Å². The average Bonchev–Trinajstić information content (AvgIpc) is 2.13. The highest BCUT2D eigenvalue weighted by Gasteiger charge is 2.22. The van der Waals surface area contributed by atoms with Gasteiger partial charge in [0.1, 0.15) is 11.7 Å². The lowest BCUT2D eigenvalue weighted by atomic mass is 9.95. The molecule has 80 valence electrons. The van der Waals surface area contributed by atoms with E-state index in [0.717, 1.165) is 11.1 Å². The van der Waals surface area contributed by atoms with Gasteiger partial charge in [-0.15, -0.1) is 0 Å². The average molecular weight is 206 g/mol. The van der Waals surface area contributed by atoms with E-state index in [1.165, 1.54) is 6.92 Å². The van der Waals surface area contributed by atoms with E-state index in [9.17, 15) is 9.59 Å². The summed E-state index contributed by atoms with van der Waals surface area (Å²) in [6.45, 7) is 3.25. The molecule has 3 nitrogen and oxygen atoms in total. The Labute approximate surface area is 88.7 Å². The molecule has 1 N–H and O–H groups in total. The van der Waals surface area contributed by atoms with Crippen LogP contribution in [0.1, 0.15) is 18.1 Å². The molecule has 0 spiro atoms. The summed E-state index contributed by atoms with van der Waals surface area (Å²) < 4.78 is 0. The Morgan fingerprint density at radius 1 is 1.40 bits per heavy atom. The number of Topliss-reactive ketones (excluding diaryl/α,β-unsaturated/α-hetero) is 1. The van der Waals surface area contributed by atoms with Gasteiger partial charge in [-0.3, -0.25) is 9.59 Å².